The van der Waals surface area contributed by atoms with Gasteiger partial charge in [-0.25, -0.2) is 0 Å². The Bertz CT molecular complexity index is 484. The van der Waals surface area contributed by atoms with Crippen LogP contribution in [0.25, 0.3) is 0 Å². The number of aromatic nitrogens is 3. The molecule has 1 aromatic carbocycles. The molecule has 96 valence electrons. The molecule has 0 atom stereocenters. The van der Waals surface area contributed by atoms with Crippen molar-refractivity contribution in [3.8, 4) is 5.75 Å². The first-order valence-electron chi connectivity index (χ1n) is 5.61. The van der Waals surface area contributed by atoms with E-state index in [-0.39, 0.29) is 0 Å². The lowest BCUT2D eigenvalue weighted by Gasteiger charge is -2.05. The summed E-state index contributed by atoms with van der Waals surface area (Å²) in [5.74, 6) is 1.21. The highest BCUT2D eigenvalue weighted by Crippen LogP contribution is 2.15. The average Bonchev–Trinajstić information content (AvgIpc) is 2.85. The lowest BCUT2D eigenvalue weighted by atomic mass is 10.3. The van der Waals surface area contributed by atoms with Gasteiger partial charge in [0, 0.05) is 24.2 Å². The molecular weight excluding hydrogens is 273 g/mol. The standard InChI is InChI=1S/C12H13Cl2N3O/c13-8-11-9-17(16-15-11)6-1-7-18-12-4-2-10(14)3-5-12/h2-5,9H,1,6-8H2. The highest BCUT2D eigenvalue weighted by atomic mass is 35.5. The van der Waals surface area contributed by atoms with Gasteiger partial charge in [-0.3, -0.25) is 4.68 Å². The molecule has 1 heterocycles. The van der Waals surface area contributed by atoms with Crippen LogP contribution in [0.2, 0.25) is 5.02 Å². The third-order valence-electron chi connectivity index (χ3n) is 2.34. The molecule has 0 saturated heterocycles. The van der Waals surface area contributed by atoms with Gasteiger partial charge in [0.1, 0.15) is 5.75 Å². The fourth-order valence-electron chi connectivity index (χ4n) is 1.46. The van der Waals surface area contributed by atoms with Crippen molar-refractivity contribution in [2.45, 2.75) is 18.8 Å². The van der Waals surface area contributed by atoms with Crippen LogP contribution in [0.15, 0.2) is 30.5 Å². The molecule has 0 fully saturated rings. The van der Waals surface area contributed by atoms with Crippen molar-refractivity contribution in [2.24, 2.45) is 0 Å². The van der Waals surface area contributed by atoms with Gasteiger partial charge >= 0.3 is 0 Å². The number of nitrogens with zero attached hydrogens (tertiary/aromatic N) is 3. The van der Waals surface area contributed by atoms with Crippen LogP contribution in [0, 0.1) is 0 Å². The first-order chi connectivity index (χ1) is 8.78. The fourth-order valence-corrected chi connectivity index (χ4v) is 1.70. The molecule has 0 amide bonds. The van der Waals surface area contributed by atoms with Gasteiger partial charge in [0.05, 0.1) is 18.2 Å². The summed E-state index contributed by atoms with van der Waals surface area (Å²) >= 11 is 11.4. The monoisotopic (exact) mass is 285 g/mol. The maximum absolute atomic E-state index is 5.78. The maximum atomic E-state index is 5.78. The molecule has 1 aromatic heterocycles. The second-order valence-corrected chi connectivity index (χ2v) is 4.47. The predicted octanol–water partition coefficient (Wildman–Crippen LogP) is 3.14. The first kappa shape index (κ1) is 13.2. The molecule has 0 unspecified atom stereocenters. The number of rotatable bonds is 6. The van der Waals surface area contributed by atoms with Crippen LogP contribution in [-0.2, 0) is 12.4 Å². The Hall–Kier alpha value is -1.26. The van der Waals surface area contributed by atoms with Crippen molar-refractivity contribution < 1.29 is 4.74 Å². The summed E-state index contributed by atoms with van der Waals surface area (Å²) in [4.78, 5) is 0. The lowest BCUT2D eigenvalue weighted by molar-refractivity contribution is 0.298. The smallest absolute Gasteiger partial charge is 0.119 e. The number of hydrogen-bond acceptors (Lipinski definition) is 3. The van der Waals surface area contributed by atoms with E-state index in [2.05, 4.69) is 10.3 Å². The summed E-state index contributed by atoms with van der Waals surface area (Å²) in [6.45, 7) is 1.38. The van der Waals surface area contributed by atoms with Gasteiger partial charge in [0.2, 0.25) is 0 Å². The van der Waals surface area contributed by atoms with Gasteiger partial charge in [0.15, 0.2) is 0 Å². The van der Waals surface area contributed by atoms with E-state index in [1.807, 2.05) is 18.3 Å². The van der Waals surface area contributed by atoms with E-state index in [9.17, 15) is 0 Å². The van der Waals surface area contributed by atoms with Crippen molar-refractivity contribution in [3.05, 3.63) is 41.2 Å². The molecular formula is C12H13Cl2N3O. The second-order valence-electron chi connectivity index (χ2n) is 3.76. The SMILES string of the molecule is ClCc1cn(CCCOc2ccc(Cl)cc2)nn1. The van der Waals surface area contributed by atoms with Crippen LogP contribution in [-0.4, -0.2) is 21.6 Å². The van der Waals surface area contributed by atoms with Gasteiger partial charge in [-0.1, -0.05) is 16.8 Å². The number of aryl methyl sites for hydroxylation is 1. The number of benzene rings is 1. The molecule has 0 aliphatic rings. The van der Waals surface area contributed by atoms with Gasteiger partial charge in [-0.15, -0.1) is 16.7 Å². The van der Waals surface area contributed by atoms with E-state index in [1.54, 1.807) is 16.8 Å². The van der Waals surface area contributed by atoms with Crippen molar-refractivity contribution >= 4 is 23.2 Å². The zero-order chi connectivity index (χ0) is 12.8. The Labute approximate surface area is 115 Å². The molecule has 0 aliphatic heterocycles. The van der Waals surface area contributed by atoms with E-state index >= 15 is 0 Å². The minimum absolute atomic E-state index is 0.390. The topological polar surface area (TPSA) is 39.9 Å². The van der Waals surface area contributed by atoms with E-state index in [0.29, 0.717) is 17.5 Å². The summed E-state index contributed by atoms with van der Waals surface area (Å²) in [5, 5.41) is 8.57. The van der Waals surface area contributed by atoms with Crippen LogP contribution >= 0.6 is 23.2 Å². The van der Waals surface area contributed by atoms with Crippen molar-refractivity contribution in [2.75, 3.05) is 6.61 Å². The lowest BCUT2D eigenvalue weighted by Crippen LogP contribution is -2.05. The summed E-state index contributed by atoms with van der Waals surface area (Å²) in [6, 6.07) is 7.31. The summed E-state index contributed by atoms with van der Waals surface area (Å²) in [6.07, 6.45) is 2.70. The van der Waals surface area contributed by atoms with E-state index < -0.39 is 0 Å². The first-order valence-corrected chi connectivity index (χ1v) is 6.52. The van der Waals surface area contributed by atoms with Crippen LogP contribution in [0.4, 0.5) is 0 Å². The summed E-state index contributed by atoms with van der Waals surface area (Å²) in [5.41, 5.74) is 0.787. The zero-order valence-electron chi connectivity index (χ0n) is 9.72. The summed E-state index contributed by atoms with van der Waals surface area (Å²) < 4.78 is 7.34. The molecule has 2 rings (SSSR count). The van der Waals surface area contributed by atoms with Crippen LogP contribution in [0.1, 0.15) is 12.1 Å². The molecule has 0 N–H and O–H groups in total. The Morgan fingerprint density at radius 2 is 2.00 bits per heavy atom. The molecule has 18 heavy (non-hydrogen) atoms. The van der Waals surface area contributed by atoms with E-state index in [4.69, 9.17) is 27.9 Å². The molecule has 4 nitrogen and oxygen atoms in total. The van der Waals surface area contributed by atoms with Crippen LogP contribution < -0.4 is 4.74 Å². The van der Waals surface area contributed by atoms with Crippen LogP contribution in [0.3, 0.4) is 0 Å². The molecule has 6 heteroatoms. The van der Waals surface area contributed by atoms with Gasteiger partial charge in [-0.2, -0.15) is 0 Å². The normalized spacial score (nSPS) is 10.6. The quantitative estimate of drug-likeness (QED) is 0.605. The number of hydrogen-bond donors (Lipinski definition) is 0. The molecule has 2 aromatic rings. The third kappa shape index (κ3) is 3.89. The zero-order valence-corrected chi connectivity index (χ0v) is 11.2. The second kappa shape index (κ2) is 6.61. The van der Waals surface area contributed by atoms with Crippen molar-refractivity contribution in [1.82, 2.24) is 15.0 Å². The van der Waals surface area contributed by atoms with Gasteiger partial charge in [-0.05, 0) is 24.3 Å². The molecule has 0 spiro atoms. The molecule has 0 aliphatic carbocycles. The molecule has 0 bridgehead atoms. The van der Waals surface area contributed by atoms with Crippen molar-refractivity contribution in [1.29, 1.82) is 0 Å². The van der Waals surface area contributed by atoms with E-state index in [1.165, 1.54) is 0 Å². The van der Waals surface area contributed by atoms with Crippen LogP contribution in [0.5, 0.6) is 5.75 Å². The fraction of sp³-hybridized carbons (Fsp3) is 0.333. The number of halogens is 2. The number of ether oxygens (including phenoxy) is 1. The maximum Gasteiger partial charge on any atom is 0.119 e. The average molecular weight is 286 g/mol. The summed E-state index contributed by atoms with van der Waals surface area (Å²) in [7, 11) is 0. The highest BCUT2D eigenvalue weighted by molar-refractivity contribution is 6.30. The Balaban J connectivity index is 1.71. The van der Waals surface area contributed by atoms with E-state index in [0.717, 1.165) is 24.4 Å². The molecule has 0 saturated carbocycles. The highest BCUT2D eigenvalue weighted by Gasteiger charge is 1.99. The molecule has 0 radical (unpaired) electrons. The largest absolute Gasteiger partial charge is 0.494 e. The van der Waals surface area contributed by atoms with Gasteiger partial charge in [0.25, 0.3) is 0 Å². The van der Waals surface area contributed by atoms with Crippen molar-refractivity contribution in [3.63, 3.8) is 0 Å². The Kier molecular flexibility index (Phi) is 4.84. The minimum Gasteiger partial charge on any atom is -0.494 e. The predicted molar refractivity (Wildman–Crippen MR) is 71.1 cm³/mol. The minimum atomic E-state index is 0.390. The Morgan fingerprint density at radius 1 is 1.22 bits per heavy atom. The number of alkyl halides is 1. The Morgan fingerprint density at radius 3 is 2.67 bits per heavy atom. The van der Waals surface area contributed by atoms with Gasteiger partial charge < -0.3 is 4.74 Å². The third-order valence-corrected chi connectivity index (χ3v) is 2.86.